The first kappa shape index (κ1) is 18.5. The van der Waals surface area contributed by atoms with E-state index in [0.29, 0.717) is 5.56 Å². The number of nitrogens with zero attached hydrogens (tertiary/aromatic N) is 1. The van der Waals surface area contributed by atoms with Gasteiger partial charge in [0.25, 0.3) is 0 Å². The van der Waals surface area contributed by atoms with Gasteiger partial charge in [-0.05, 0) is 57.9 Å². The number of carbonyl (C=O) groups is 2. The molecule has 0 aromatic heterocycles. The highest BCUT2D eigenvalue weighted by Gasteiger charge is 2.45. The summed E-state index contributed by atoms with van der Waals surface area (Å²) >= 11 is 0. The standard InChI is InChI=1S/C20H27NO5/c1-20(2,3)26-19(23)21-14-7-8-15(21)12-17(11-14)25-16-9-5-13(6-10-16)18(22)24-4/h5-6,9-10,14-15,17H,7-8,11-12H2,1-4H3/t14-,15+,17+. The molecule has 0 unspecified atom stereocenters. The summed E-state index contributed by atoms with van der Waals surface area (Å²) in [7, 11) is 1.36. The summed E-state index contributed by atoms with van der Waals surface area (Å²) in [6, 6.07) is 7.31. The molecule has 26 heavy (non-hydrogen) atoms. The molecule has 3 atom stereocenters. The summed E-state index contributed by atoms with van der Waals surface area (Å²) in [5.41, 5.74) is 0.0188. The lowest BCUT2D eigenvalue weighted by atomic mass is 10.00. The van der Waals surface area contributed by atoms with E-state index in [2.05, 4.69) is 0 Å². The largest absolute Gasteiger partial charge is 0.490 e. The minimum atomic E-state index is -0.481. The Labute approximate surface area is 154 Å². The number of hydrogen-bond acceptors (Lipinski definition) is 5. The maximum atomic E-state index is 12.5. The molecule has 2 heterocycles. The average molecular weight is 361 g/mol. The van der Waals surface area contributed by atoms with Crippen molar-refractivity contribution in [2.24, 2.45) is 0 Å². The van der Waals surface area contributed by atoms with Crippen LogP contribution in [-0.2, 0) is 9.47 Å². The molecule has 2 fully saturated rings. The van der Waals surface area contributed by atoms with Crippen LogP contribution in [0.2, 0.25) is 0 Å². The van der Waals surface area contributed by atoms with Gasteiger partial charge in [0.2, 0.25) is 0 Å². The van der Waals surface area contributed by atoms with Gasteiger partial charge in [0.15, 0.2) is 0 Å². The zero-order valence-corrected chi connectivity index (χ0v) is 15.9. The van der Waals surface area contributed by atoms with Crippen molar-refractivity contribution in [1.82, 2.24) is 4.90 Å². The monoisotopic (exact) mass is 361 g/mol. The van der Waals surface area contributed by atoms with Crippen molar-refractivity contribution in [3.8, 4) is 5.75 Å². The molecule has 2 aliphatic rings. The third kappa shape index (κ3) is 4.11. The van der Waals surface area contributed by atoms with Gasteiger partial charge in [0.05, 0.1) is 12.7 Å². The zero-order chi connectivity index (χ0) is 18.9. The van der Waals surface area contributed by atoms with Gasteiger partial charge < -0.3 is 19.1 Å². The Hall–Kier alpha value is -2.24. The van der Waals surface area contributed by atoms with Crippen LogP contribution in [0.4, 0.5) is 4.79 Å². The molecule has 1 aromatic rings. The van der Waals surface area contributed by atoms with Gasteiger partial charge in [-0.1, -0.05) is 0 Å². The summed E-state index contributed by atoms with van der Waals surface area (Å²) in [4.78, 5) is 25.9. The lowest BCUT2D eigenvalue weighted by Crippen LogP contribution is -2.50. The molecule has 1 aromatic carbocycles. The van der Waals surface area contributed by atoms with Crippen LogP contribution in [0.25, 0.3) is 0 Å². The Morgan fingerprint density at radius 1 is 1.04 bits per heavy atom. The number of amides is 1. The molecule has 0 aliphatic carbocycles. The molecule has 3 rings (SSSR count). The summed E-state index contributed by atoms with van der Waals surface area (Å²) in [6.07, 6.45) is 3.43. The minimum absolute atomic E-state index is 0.0650. The molecular formula is C20H27NO5. The second-order valence-corrected chi connectivity index (χ2v) is 8.00. The summed E-state index contributed by atoms with van der Waals surface area (Å²) in [6.45, 7) is 5.67. The summed E-state index contributed by atoms with van der Waals surface area (Å²) < 4.78 is 16.4. The lowest BCUT2D eigenvalue weighted by molar-refractivity contribution is -0.00707. The molecule has 2 saturated heterocycles. The van der Waals surface area contributed by atoms with Crippen molar-refractivity contribution in [1.29, 1.82) is 0 Å². The van der Waals surface area contributed by atoms with Crippen LogP contribution >= 0.6 is 0 Å². The highest BCUT2D eigenvalue weighted by atomic mass is 16.6. The van der Waals surface area contributed by atoms with Crippen molar-refractivity contribution in [2.75, 3.05) is 7.11 Å². The molecule has 2 aliphatic heterocycles. The molecule has 0 saturated carbocycles. The van der Waals surface area contributed by atoms with Crippen LogP contribution in [0, 0.1) is 0 Å². The third-order valence-corrected chi connectivity index (χ3v) is 4.87. The van der Waals surface area contributed by atoms with Gasteiger partial charge in [0.1, 0.15) is 17.5 Å². The topological polar surface area (TPSA) is 65.1 Å². The number of piperidine rings is 1. The summed E-state index contributed by atoms with van der Waals surface area (Å²) in [5, 5.41) is 0. The van der Waals surface area contributed by atoms with Gasteiger partial charge in [-0.15, -0.1) is 0 Å². The number of ether oxygens (including phenoxy) is 3. The second kappa shape index (κ2) is 7.17. The molecule has 6 nitrogen and oxygen atoms in total. The van der Waals surface area contributed by atoms with E-state index in [1.54, 1.807) is 24.3 Å². The van der Waals surface area contributed by atoms with Gasteiger partial charge in [0, 0.05) is 24.9 Å². The number of benzene rings is 1. The van der Waals surface area contributed by atoms with E-state index in [-0.39, 0.29) is 30.3 Å². The lowest BCUT2D eigenvalue weighted by Gasteiger charge is -2.39. The van der Waals surface area contributed by atoms with E-state index in [1.165, 1.54) is 7.11 Å². The van der Waals surface area contributed by atoms with Crippen LogP contribution in [0.5, 0.6) is 5.75 Å². The van der Waals surface area contributed by atoms with Crippen LogP contribution < -0.4 is 4.74 Å². The van der Waals surface area contributed by atoms with Crippen LogP contribution in [0.1, 0.15) is 56.8 Å². The third-order valence-electron chi connectivity index (χ3n) is 4.87. The maximum Gasteiger partial charge on any atom is 0.410 e. The second-order valence-electron chi connectivity index (χ2n) is 8.00. The number of hydrogen-bond donors (Lipinski definition) is 0. The maximum absolute atomic E-state index is 12.5. The van der Waals surface area contributed by atoms with Crippen molar-refractivity contribution in [3.05, 3.63) is 29.8 Å². The normalized spacial score (nSPS) is 24.9. The molecule has 0 radical (unpaired) electrons. The fourth-order valence-electron chi connectivity index (χ4n) is 3.82. The van der Waals surface area contributed by atoms with Crippen molar-refractivity contribution in [2.45, 2.75) is 70.2 Å². The van der Waals surface area contributed by atoms with E-state index in [1.807, 2.05) is 25.7 Å². The smallest absolute Gasteiger partial charge is 0.410 e. The van der Waals surface area contributed by atoms with Crippen LogP contribution in [0.15, 0.2) is 24.3 Å². The van der Waals surface area contributed by atoms with Crippen molar-refractivity contribution < 1.29 is 23.8 Å². The molecule has 1 amide bonds. The van der Waals surface area contributed by atoms with E-state index >= 15 is 0 Å². The van der Waals surface area contributed by atoms with E-state index in [0.717, 1.165) is 31.4 Å². The zero-order valence-electron chi connectivity index (χ0n) is 15.9. The molecular weight excluding hydrogens is 334 g/mol. The van der Waals surface area contributed by atoms with E-state index < -0.39 is 5.60 Å². The average Bonchev–Trinajstić information content (AvgIpc) is 2.85. The number of rotatable bonds is 3. The Kier molecular flexibility index (Phi) is 5.12. The number of carbonyl (C=O) groups excluding carboxylic acids is 2. The molecule has 142 valence electrons. The Balaban J connectivity index is 1.60. The fourth-order valence-corrected chi connectivity index (χ4v) is 3.82. The van der Waals surface area contributed by atoms with Gasteiger partial charge in [-0.3, -0.25) is 0 Å². The Morgan fingerprint density at radius 2 is 1.62 bits per heavy atom. The van der Waals surface area contributed by atoms with Gasteiger partial charge in [-0.2, -0.15) is 0 Å². The van der Waals surface area contributed by atoms with Crippen molar-refractivity contribution in [3.63, 3.8) is 0 Å². The number of fused-ring (bicyclic) bond motifs is 2. The van der Waals surface area contributed by atoms with Crippen LogP contribution in [-0.4, -0.2) is 47.9 Å². The Morgan fingerprint density at radius 3 is 2.12 bits per heavy atom. The molecule has 2 bridgehead atoms. The highest BCUT2D eigenvalue weighted by Crippen LogP contribution is 2.38. The van der Waals surface area contributed by atoms with Gasteiger partial charge in [-0.25, -0.2) is 9.59 Å². The fraction of sp³-hybridized carbons (Fsp3) is 0.600. The highest BCUT2D eigenvalue weighted by molar-refractivity contribution is 5.89. The molecule has 6 heteroatoms. The number of methoxy groups -OCH3 is 1. The predicted molar refractivity (Wildman–Crippen MR) is 96.3 cm³/mol. The Bertz CT molecular complexity index is 650. The molecule has 0 N–H and O–H groups in total. The first-order valence-electron chi connectivity index (χ1n) is 9.13. The van der Waals surface area contributed by atoms with E-state index in [9.17, 15) is 9.59 Å². The van der Waals surface area contributed by atoms with E-state index in [4.69, 9.17) is 14.2 Å². The quantitative estimate of drug-likeness (QED) is 0.767. The SMILES string of the molecule is COC(=O)c1ccc(O[C@H]2C[C@H]3CC[C@@H](C2)N3C(=O)OC(C)(C)C)cc1. The van der Waals surface area contributed by atoms with Crippen LogP contribution in [0.3, 0.4) is 0 Å². The number of esters is 1. The molecule has 0 spiro atoms. The summed E-state index contributed by atoms with van der Waals surface area (Å²) in [5.74, 6) is 0.369. The van der Waals surface area contributed by atoms with Gasteiger partial charge >= 0.3 is 12.1 Å². The van der Waals surface area contributed by atoms with Crippen molar-refractivity contribution >= 4 is 12.1 Å². The first-order chi connectivity index (χ1) is 12.3. The predicted octanol–water partition coefficient (Wildman–Crippen LogP) is 3.78. The minimum Gasteiger partial charge on any atom is -0.490 e. The first-order valence-corrected chi connectivity index (χ1v) is 9.13.